The monoisotopic (exact) mass is 271 g/mol. The average molecular weight is 271 g/mol. The number of hydrogen-bond acceptors (Lipinski definition) is 3. The summed E-state index contributed by atoms with van der Waals surface area (Å²) in [6.07, 6.45) is 4.16. The van der Waals surface area contributed by atoms with E-state index < -0.39 is 10.0 Å². The van der Waals surface area contributed by atoms with Gasteiger partial charge in [0.15, 0.2) is 5.03 Å². The fourth-order valence-electron chi connectivity index (χ4n) is 2.42. The van der Waals surface area contributed by atoms with Gasteiger partial charge in [0.1, 0.15) is 5.82 Å². The first-order chi connectivity index (χ1) is 8.46. The third-order valence-electron chi connectivity index (χ3n) is 3.84. The first-order valence-corrected chi connectivity index (χ1v) is 7.96. The van der Waals surface area contributed by atoms with Crippen molar-refractivity contribution in [2.75, 3.05) is 6.54 Å². The summed E-state index contributed by atoms with van der Waals surface area (Å²) in [5.41, 5.74) is 0. The van der Waals surface area contributed by atoms with Crippen molar-refractivity contribution in [2.45, 2.75) is 51.1 Å². The summed E-state index contributed by atoms with van der Waals surface area (Å²) in [4.78, 5) is 6.97. The fraction of sp³-hybridized carbons (Fsp3) is 0.750. The predicted molar refractivity (Wildman–Crippen MR) is 69.7 cm³/mol. The summed E-state index contributed by atoms with van der Waals surface area (Å²) < 4.78 is 26.7. The van der Waals surface area contributed by atoms with E-state index in [9.17, 15) is 8.42 Å². The largest absolute Gasteiger partial charge is 0.332 e. The van der Waals surface area contributed by atoms with Crippen LogP contribution in [0, 0.1) is 5.92 Å². The number of rotatable bonds is 3. The lowest BCUT2D eigenvalue weighted by Crippen LogP contribution is -2.45. The number of nitrogens with zero attached hydrogens (tertiary/aromatic N) is 2. The molecule has 2 atom stereocenters. The first kappa shape index (κ1) is 13.5. The van der Waals surface area contributed by atoms with E-state index >= 15 is 0 Å². The maximum Gasteiger partial charge on any atom is 0.260 e. The highest BCUT2D eigenvalue weighted by Gasteiger charge is 2.35. The van der Waals surface area contributed by atoms with Gasteiger partial charge >= 0.3 is 0 Å². The molecule has 1 aliphatic heterocycles. The van der Waals surface area contributed by atoms with E-state index in [4.69, 9.17) is 0 Å². The zero-order chi connectivity index (χ0) is 13.3. The van der Waals surface area contributed by atoms with Gasteiger partial charge in [0, 0.05) is 19.0 Å². The second kappa shape index (κ2) is 5.01. The van der Waals surface area contributed by atoms with Crippen LogP contribution in [0.5, 0.6) is 0 Å². The van der Waals surface area contributed by atoms with Gasteiger partial charge in [0.2, 0.25) is 0 Å². The molecule has 0 spiro atoms. The van der Waals surface area contributed by atoms with Gasteiger partial charge in [0.05, 0.1) is 6.20 Å². The fourth-order valence-corrected chi connectivity index (χ4v) is 4.12. The van der Waals surface area contributed by atoms with Crippen LogP contribution in [0.25, 0.3) is 0 Å². The van der Waals surface area contributed by atoms with Crippen LogP contribution in [-0.4, -0.2) is 35.3 Å². The van der Waals surface area contributed by atoms with Crippen LogP contribution >= 0.6 is 0 Å². The molecule has 0 amide bonds. The number of H-pyrrole nitrogens is 1. The molecule has 1 N–H and O–H groups in total. The molecular formula is C12H21N3O2S. The molecule has 1 fully saturated rings. The Bertz CT molecular complexity index is 509. The normalized spacial score (nSPS) is 26.4. The summed E-state index contributed by atoms with van der Waals surface area (Å²) >= 11 is 0. The van der Waals surface area contributed by atoms with Crippen LogP contribution < -0.4 is 0 Å². The van der Waals surface area contributed by atoms with Crippen molar-refractivity contribution in [3.8, 4) is 0 Å². The van der Waals surface area contributed by atoms with E-state index in [-0.39, 0.29) is 11.1 Å². The predicted octanol–water partition coefficient (Wildman–Crippen LogP) is 1.78. The summed E-state index contributed by atoms with van der Waals surface area (Å²) in [5, 5.41) is 0.223. The smallest absolute Gasteiger partial charge is 0.260 e. The molecule has 0 saturated carbocycles. The molecule has 0 aliphatic carbocycles. The third-order valence-corrected chi connectivity index (χ3v) is 5.74. The van der Waals surface area contributed by atoms with Gasteiger partial charge in [0.25, 0.3) is 10.0 Å². The van der Waals surface area contributed by atoms with Crippen molar-refractivity contribution in [1.82, 2.24) is 14.3 Å². The molecule has 2 unspecified atom stereocenters. The van der Waals surface area contributed by atoms with Crippen molar-refractivity contribution in [2.24, 2.45) is 5.92 Å². The standard InChI is InChI=1S/C12H21N3O2S/c1-4-11-13-8-12(14-11)18(16,17)15-7-5-6-9(2)10(15)3/h8-10H,4-7H2,1-3H3,(H,13,14). The summed E-state index contributed by atoms with van der Waals surface area (Å²) in [6, 6.07) is 0.0529. The summed E-state index contributed by atoms with van der Waals surface area (Å²) in [5.74, 6) is 1.12. The Labute approximate surface area is 109 Å². The van der Waals surface area contributed by atoms with Gasteiger partial charge < -0.3 is 4.98 Å². The Kier molecular flexibility index (Phi) is 3.77. The van der Waals surface area contributed by atoms with Crippen LogP contribution in [0.1, 0.15) is 39.4 Å². The molecule has 18 heavy (non-hydrogen) atoms. The van der Waals surface area contributed by atoms with Gasteiger partial charge in [-0.05, 0) is 25.7 Å². The zero-order valence-corrected chi connectivity index (χ0v) is 12.0. The number of hydrogen-bond donors (Lipinski definition) is 1. The zero-order valence-electron chi connectivity index (χ0n) is 11.2. The van der Waals surface area contributed by atoms with Crippen LogP contribution in [0.2, 0.25) is 0 Å². The number of imidazole rings is 1. The Morgan fingerprint density at radius 2 is 2.22 bits per heavy atom. The highest BCUT2D eigenvalue weighted by molar-refractivity contribution is 7.89. The second-order valence-corrected chi connectivity index (χ2v) is 6.88. The van der Waals surface area contributed by atoms with E-state index in [0.717, 1.165) is 12.8 Å². The lowest BCUT2D eigenvalue weighted by Gasteiger charge is -2.36. The van der Waals surface area contributed by atoms with Gasteiger partial charge in [-0.3, -0.25) is 0 Å². The molecule has 1 aliphatic rings. The van der Waals surface area contributed by atoms with Crippen molar-refractivity contribution in [3.63, 3.8) is 0 Å². The molecular weight excluding hydrogens is 250 g/mol. The number of nitrogens with one attached hydrogen (secondary N) is 1. The van der Waals surface area contributed by atoms with Gasteiger partial charge in [-0.1, -0.05) is 13.8 Å². The van der Waals surface area contributed by atoms with Crippen molar-refractivity contribution < 1.29 is 8.42 Å². The Balaban J connectivity index is 2.30. The van der Waals surface area contributed by atoms with Crippen LogP contribution in [-0.2, 0) is 16.4 Å². The second-order valence-electron chi connectivity index (χ2n) is 5.02. The van der Waals surface area contributed by atoms with Crippen molar-refractivity contribution in [3.05, 3.63) is 12.0 Å². The Hall–Kier alpha value is -0.880. The van der Waals surface area contributed by atoms with Gasteiger partial charge in [-0.2, -0.15) is 4.31 Å². The molecule has 102 valence electrons. The first-order valence-electron chi connectivity index (χ1n) is 6.52. The molecule has 0 bridgehead atoms. The number of sulfonamides is 1. The Morgan fingerprint density at radius 3 is 2.83 bits per heavy atom. The number of piperidine rings is 1. The molecule has 5 nitrogen and oxygen atoms in total. The number of aromatic nitrogens is 2. The van der Waals surface area contributed by atoms with E-state index in [1.165, 1.54) is 6.20 Å². The highest BCUT2D eigenvalue weighted by atomic mass is 32.2. The van der Waals surface area contributed by atoms with E-state index in [1.807, 2.05) is 13.8 Å². The van der Waals surface area contributed by atoms with Gasteiger partial charge in [-0.25, -0.2) is 13.4 Å². The minimum atomic E-state index is -3.42. The quantitative estimate of drug-likeness (QED) is 0.911. The topological polar surface area (TPSA) is 66.1 Å². The van der Waals surface area contributed by atoms with Crippen molar-refractivity contribution in [1.29, 1.82) is 0 Å². The summed E-state index contributed by atoms with van der Waals surface area (Å²) in [7, 11) is -3.42. The van der Waals surface area contributed by atoms with E-state index in [2.05, 4.69) is 16.9 Å². The van der Waals surface area contributed by atoms with Crippen LogP contribution in [0.15, 0.2) is 11.2 Å². The van der Waals surface area contributed by atoms with Crippen molar-refractivity contribution >= 4 is 10.0 Å². The number of aryl methyl sites for hydroxylation is 1. The number of aromatic amines is 1. The molecule has 2 rings (SSSR count). The Morgan fingerprint density at radius 1 is 1.50 bits per heavy atom. The third kappa shape index (κ3) is 2.31. The van der Waals surface area contributed by atoms with Crippen LogP contribution in [0.4, 0.5) is 0 Å². The maximum atomic E-state index is 12.5. The minimum absolute atomic E-state index is 0.0529. The van der Waals surface area contributed by atoms with Crippen LogP contribution in [0.3, 0.4) is 0 Å². The molecule has 0 radical (unpaired) electrons. The van der Waals surface area contributed by atoms with E-state index in [1.54, 1.807) is 4.31 Å². The molecule has 0 aromatic carbocycles. The molecule has 1 aromatic rings. The molecule has 6 heteroatoms. The molecule has 1 saturated heterocycles. The van der Waals surface area contributed by atoms with E-state index in [0.29, 0.717) is 24.7 Å². The summed E-state index contributed by atoms with van der Waals surface area (Å²) in [6.45, 7) is 6.64. The molecule has 1 aromatic heterocycles. The highest BCUT2D eigenvalue weighted by Crippen LogP contribution is 2.28. The lowest BCUT2D eigenvalue weighted by molar-refractivity contribution is 0.202. The lowest BCUT2D eigenvalue weighted by atomic mass is 9.94. The van der Waals surface area contributed by atoms with Gasteiger partial charge in [-0.15, -0.1) is 0 Å². The SMILES string of the molecule is CCc1ncc(S(=O)(=O)N2CCCC(C)C2C)[nH]1. The minimum Gasteiger partial charge on any atom is -0.332 e. The average Bonchev–Trinajstić information content (AvgIpc) is 2.81. The maximum absolute atomic E-state index is 12.5. The molecule has 2 heterocycles.